The summed E-state index contributed by atoms with van der Waals surface area (Å²) >= 11 is 0. The van der Waals surface area contributed by atoms with Gasteiger partial charge in [-0.15, -0.1) is 0 Å². The van der Waals surface area contributed by atoms with Gasteiger partial charge in [0.2, 0.25) is 0 Å². The van der Waals surface area contributed by atoms with Crippen LogP contribution < -0.4 is 0 Å². The van der Waals surface area contributed by atoms with Gasteiger partial charge >= 0.3 is 0 Å². The molecule has 0 radical (unpaired) electrons. The van der Waals surface area contributed by atoms with Crippen molar-refractivity contribution in [3.8, 4) is 0 Å². The molecule has 0 bridgehead atoms. The Balaban J connectivity index is 2.66. The lowest BCUT2D eigenvalue weighted by Crippen LogP contribution is -2.32. The molecule has 0 saturated carbocycles. The van der Waals surface area contributed by atoms with Gasteiger partial charge in [-0.1, -0.05) is 50.6 Å². The highest BCUT2D eigenvalue weighted by Crippen LogP contribution is 2.17. The van der Waals surface area contributed by atoms with Crippen LogP contribution in [-0.4, -0.2) is 26.9 Å². The molecule has 1 aromatic rings. The van der Waals surface area contributed by atoms with Crippen molar-refractivity contribution in [3.63, 3.8) is 0 Å². The predicted octanol–water partition coefficient (Wildman–Crippen LogP) is 3.13. The summed E-state index contributed by atoms with van der Waals surface area (Å²) in [6.07, 6.45) is 2.75. The Morgan fingerprint density at radius 3 is 2.25 bits per heavy atom. The zero-order valence-corrected chi connectivity index (χ0v) is 13.2. The lowest BCUT2D eigenvalue weighted by Gasteiger charge is -2.25. The van der Waals surface area contributed by atoms with Crippen molar-refractivity contribution >= 4 is 10.1 Å². The Morgan fingerprint density at radius 2 is 1.75 bits per heavy atom. The first-order valence-electron chi connectivity index (χ1n) is 7.00. The van der Waals surface area contributed by atoms with E-state index in [1.807, 2.05) is 44.2 Å². The molecular formula is C15H24O4S. The van der Waals surface area contributed by atoms with Crippen molar-refractivity contribution in [2.24, 2.45) is 0 Å². The fraction of sp³-hybridized carbons (Fsp3) is 0.600. The Labute approximate surface area is 122 Å². The third-order valence-electron chi connectivity index (χ3n) is 3.00. The first-order valence-corrected chi connectivity index (χ1v) is 8.81. The van der Waals surface area contributed by atoms with Gasteiger partial charge in [0, 0.05) is 0 Å². The summed E-state index contributed by atoms with van der Waals surface area (Å²) in [5.41, 5.74) is 1.07. The summed E-state index contributed by atoms with van der Waals surface area (Å²) in [4.78, 5) is 0. The summed E-state index contributed by atoms with van der Waals surface area (Å²) in [5, 5.41) is 0. The second kappa shape index (κ2) is 8.39. The average Bonchev–Trinajstić information content (AvgIpc) is 2.41. The van der Waals surface area contributed by atoms with Crippen LogP contribution in [0.3, 0.4) is 0 Å². The summed E-state index contributed by atoms with van der Waals surface area (Å²) < 4.78 is 33.6. The van der Waals surface area contributed by atoms with Crippen LogP contribution in [0.15, 0.2) is 30.3 Å². The molecule has 5 heteroatoms. The maximum Gasteiger partial charge on any atom is 0.264 e. The molecule has 2 unspecified atom stereocenters. The van der Waals surface area contributed by atoms with Crippen molar-refractivity contribution in [3.05, 3.63) is 35.9 Å². The fourth-order valence-corrected chi connectivity index (χ4v) is 2.77. The molecule has 0 spiro atoms. The highest BCUT2D eigenvalue weighted by atomic mass is 32.2. The van der Waals surface area contributed by atoms with Crippen molar-refractivity contribution in [1.29, 1.82) is 0 Å². The second-order valence-corrected chi connectivity index (χ2v) is 6.47. The molecule has 0 N–H and O–H groups in total. The standard InChI is InChI=1S/C15H24O4S/c1-4-9-15(14(5-2)19-20(3,16)17)18-12-13-10-7-6-8-11-13/h6-8,10-11,14-15H,4-5,9,12H2,1-3H3. The van der Waals surface area contributed by atoms with Crippen LogP contribution in [-0.2, 0) is 25.6 Å². The van der Waals surface area contributed by atoms with Crippen LogP contribution in [0.4, 0.5) is 0 Å². The molecule has 0 fully saturated rings. The van der Waals surface area contributed by atoms with Gasteiger partial charge in [-0.2, -0.15) is 8.42 Å². The largest absolute Gasteiger partial charge is 0.371 e. The molecule has 0 saturated heterocycles. The normalized spacial score (nSPS) is 14.9. The second-order valence-electron chi connectivity index (χ2n) is 4.87. The number of rotatable bonds is 9. The Kier molecular flexibility index (Phi) is 7.19. The fourth-order valence-electron chi connectivity index (χ4n) is 2.06. The van der Waals surface area contributed by atoms with E-state index in [1.54, 1.807) is 0 Å². The van der Waals surface area contributed by atoms with Gasteiger partial charge in [-0.3, -0.25) is 4.18 Å². The van der Waals surface area contributed by atoms with Gasteiger partial charge in [-0.05, 0) is 18.4 Å². The van der Waals surface area contributed by atoms with Crippen LogP contribution >= 0.6 is 0 Å². The van der Waals surface area contributed by atoms with E-state index < -0.39 is 16.2 Å². The smallest absolute Gasteiger partial charge is 0.264 e. The number of benzene rings is 1. The van der Waals surface area contributed by atoms with E-state index in [1.165, 1.54) is 0 Å². The number of ether oxygens (including phenoxy) is 1. The topological polar surface area (TPSA) is 52.6 Å². The average molecular weight is 300 g/mol. The zero-order valence-electron chi connectivity index (χ0n) is 12.4. The van der Waals surface area contributed by atoms with Gasteiger partial charge < -0.3 is 4.74 Å². The SMILES string of the molecule is CCCC(OCc1ccccc1)C(CC)OS(C)(=O)=O. The van der Waals surface area contributed by atoms with Crippen LogP contribution in [0.2, 0.25) is 0 Å². The van der Waals surface area contributed by atoms with Crippen molar-refractivity contribution < 1.29 is 17.3 Å². The van der Waals surface area contributed by atoms with E-state index in [4.69, 9.17) is 8.92 Å². The molecule has 0 aliphatic carbocycles. The molecule has 0 amide bonds. The zero-order chi connectivity index (χ0) is 15.0. The number of hydrogen-bond donors (Lipinski definition) is 0. The summed E-state index contributed by atoms with van der Waals surface area (Å²) in [6, 6.07) is 9.84. The third kappa shape index (κ3) is 6.50. The molecule has 0 aromatic heterocycles. The minimum absolute atomic E-state index is 0.208. The van der Waals surface area contributed by atoms with E-state index in [0.717, 1.165) is 24.7 Å². The van der Waals surface area contributed by atoms with Gasteiger partial charge in [0.15, 0.2) is 0 Å². The first kappa shape index (κ1) is 17.1. The van der Waals surface area contributed by atoms with Crippen LogP contribution in [0.25, 0.3) is 0 Å². The molecule has 0 heterocycles. The van der Waals surface area contributed by atoms with E-state index in [2.05, 4.69) is 0 Å². The molecule has 1 aromatic carbocycles. The van der Waals surface area contributed by atoms with Crippen LogP contribution in [0.5, 0.6) is 0 Å². The molecule has 1 rings (SSSR count). The van der Waals surface area contributed by atoms with E-state index in [9.17, 15) is 8.42 Å². The summed E-state index contributed by atoms with van der Waals surface area (Å²) in [6.45, 7) is 4.42. The minimum atomic E-state index is -3.46. The molecule has 2 atom stereocenters. The highest BCUT2D eigenvalue weighted by molar-refractivity contribution is 7.86. The minimum Gasteiger partial charge on any atom is -0.371 e. The van der Waals surface area contributed by atoms with E-state index >= 15 is 0 Å². The van der Waals surface area contributed by atoms with Gasteiger partial charge in [0.1, 0.15) is 6.10 Å². The maximum atomic E-state index is 11.3. The first-order chi connectivity index (χ1) is 9.46. The summed E-state index contributed by atoms with van der Waals surface area (Å²) in [5.74, 6) is 0. The quantitative estimate of drug-likeness (QED) is 0.657. The molecular weight excluding hydrogens is 276 g/mol. The Morgan fingerprint density at radius 1 is 1.10 bits per heavy atom. The van der Waals surface area contributed by atoms with E-state index in [-0.39, 0.29) is 6.10 Å². The Bertz CT molecular complexity index is 470. The molecule has 0 aliphatic rings. The van der Waals surface area contributed by atoms with Crippen LogP contribution in [0.1, 0.15) is 38.7 Å². The molecule has 20 heavy (non-hydrogen) atoms. The Hall–Kier alpha value is -0.910. The van der Waals surface area contributed by atoms with Crippen molar-refractivity contribution in [1.82, 2.24) is 0 Å². The lowest BCUT2D eigenvalue weighted by molar-refractivity contribution is -0.0380. The molecule has 0 aliphatic heterocycles. The van der Waals surface area contributed by atoms with Gasteiger partial charge in [0.05, 0.1) is 19.0 Å². The lowest BCUT2D eigenvalue weighted by atomic mass is 10.1. The van der Waals surface area contributed by atoms with Crippen molar-refractivity contribution in [2.75, 3.05) is 6.26 Å². The van der Waals surface area contributed by atoms with E-state index in [0.29, 0.717) is 13.0 Å². The van der Waals surface area contributed by atoms with Gasteiger partial charge in [0.25, 0.3) is 10.1 Å². The molecule has 114 valence electrons. The van der Waals surface area contributed by atoms with Crippen molar-refractivity contribution in [2.45, 2.75) is 51.9 Å². The third-order valence-corrected chi connectivity index (χ3v) is 3.59. The van der Waals surface area contributed by atoms with Crippen LogP contribution in [0, 0.1) is 0 Å². The highest BCUT2D eigenvalue weighted by Gasteiger charge is 2.24. The number of hydrogen-bond acceptors (Lipinski definition) is 4. The molecule has 4 nitrogen and oxygen atoms in total. The monoisotopic (exact) mass is 300 g/mol. The maximum absolute atomic E-state index is 11.3. The summed E-state index contributed by atoms with van der Waals surface area (Å²) in [7, 11) is -3.46. The predicted molar refractivity (Wildman–Crippen MR) is 79.9 cm³/mol. The van der Waals surface area contributed by atoms with Gasteiger partial charge in [-0.25, -0.2) is 0 Å².